The highest BCUT2D eigenvalue weighted by Gasteiger charge is 2.26. The largest absolute Gasteiger partial charge is 0.490 e. The van der Waals surface area contributed by atoms with E-state index in [4.69, 9.17) is 16.3 Å². The Morgan fingerprint density at radius 2 is 2.24 bits per heavy atom. The second kappa shape index (κ2) is 5.65. The normalized spacial score (nSPS) is 19.8. The second-order valence-electron chi connectivity index (χ2n) is 3.98. The molecule has 0 aliphatic carbocycles. The first-order valence-corrected chi connectivity index (χ1v) is 6.39. The van der Waals surface area contributed by atoms with E-state index in [-0.39, 0.29) is 11.2 Å². The lowest BCUT2D eigenvalue weighted by molar-refractivity contribution is -0.127. The van der Waals surface area contributed by atoms with Crippen molar-refractivity contribution in [2.24, 2.45) is 0 Å². The van der Waals surface area contributed by atoms with Crippen LogP contribution in [-0.4, -0.2) is 35.8 Å². The minimum atomic E-state index is 0.146. The molecule has 0 bridgehead atoms. The summed E-state index contributed by atoms with van der Waals surface area (Å²) in [5.74, 6) is 0.802. The zero-order chi connectivity index (χ0) is 12.3. The Labute approximate surface area is 111 Å². The van der Waals surface area contributed by atoms with E-state index in [0.29, 0.717) is 36.9 Å². The van der Waals surface area contributed by atoms with E-state index < -0.39 is 0 Å². The summed E-state index contributed by atoms with van der Waals surface area (Å²) in [6.45, 7) is 1.74. The molecular formula is C12H14ClNO2S. The number of benzene rings is 1. The summed E-state index contributed by atoms with van der Waals surface area (Å²) >= 11 is 10.2. The third-order valence-electron chi connectivity index (χ3n) is 2.65. The molecule has 1 heterocycles. The molecule has 1 aromatic rings. The van der Waals surface area contributed by atoms with Gasteiger partial charge in [-0.05, 0) is 12.1 Å². The maximum Gasteiger partial charge on any atom is 0.223 e. The van der Waals surface area contributed by atoms with E-state index in [2.05, 4.69) is 12.6 Å². The van der Waals surface area contributed by atoms with Crippen LogP contribution in [0, 0.1) is 0 Å². The van der Waals surface area contributed by atoms with Crippen LogP contribution in [0.3, 0.4) is 0 Å². The maximum absolute atomic E-state index is 11.5. The minimum Gasteiger partial charge on any atom is -0.490 e. The average molecular weight is 272 g/mol. The van der Waals surface area contributed by atoms with Gasteiger partial charge in [-0.2, -0.15) is 12.6 Å². The molecule has 5 heteroatoms. The van der Waals surface area contributed by atoms with Crippen LogP contribution >= 0.6 is 24.2 Å². The number of para-hydroxylation sites is 1. The van der Waals surface area contributed by atoms with Gasteiger partial charge < -0.3 is 9.64 Å². The van der Waals surface area contributed by atoms with Crippen LogP contribution in [-0.2, 0) is 4.79 Å². The van der Waals surface area contributed by atoms with E-state index in [1.54, 1.807) is 11.0 Å². The van der Waals surface area contributed by atoms with Crippen LogP contribution in [0.15, 0.2) is 24.3 Å². The number of amides is 1. The molecule has 1 atom stereocenters. The van der Waals surface area contributed by atoms with Gasteiger partial charge in [0.25, 0.3) is 0 Å². The Kier molecular flexibility index (Phi) is 4.18. The Morgan fingerprint density at radius 3 is 2.88 bits per heavy atom. The second-order valence-corrected chi connectivity index (χ2v) is 5.11. The highest BCUT2D eigenvalue weighted by atomic mass is 35.5. The molecule has 1 aliphatic rings. The number of halogens is 1. The molecule has 1 aromatic carbocycles. The molecule has 92 valence electrons. The lowest BCUT2D eigenvalue weighted by atomic mass is 10.3. The maximum atomic E-state index is 11.5. The Bertz CT molecular complexity index is 413. The van der Waals surface area contributed by atoms with Gasteiger partial charge >= 0.3 is 0 Å². The van der Waals surface area contributed by atoms with Crippen LogP contribution < -0.4 is 4.74 Å². The van der Waals surface area contributed by atoms with Crippen molar-refractivity contribution >= 4 is 30.1 Å². The van der Waals surface area contributed by atoms with Crippen molar-refractivity contribution < 1.29 is 9.53 Å². The van der Waals surface area contributed by atoms with Crippen molar-refractivity contribution in [3.63, 3.8) is 0 Å². The fraction of sp³-hybridized carbons (Fsp3) is 0.417. The first-order valence-electron chi connectivity index (χ1n) is 5.50. The molecule has 0 aromatic heterocycles. The average Bonchev–Trinajstić information content (AvgIpc) is 2.60. The lowest BCUT2D eigenvalue weighted by Crippen LogP contribution is -2.30. The zero-order valence-corrected chi connectivity index (χ0v) is 11.0. The molecule has 0 saturated carbocycles. The highest BCUT2D eigenvalue weighted by molar-refractivity contribution is 7.81. The molecule has 0 N–H and O–H groups in total. The highest BCUT2D eigenvalue weighted by Crippen LogP contribution is 2.23. The van der Waals surface area contributed by atoms with E-state index >= 15 is 0 Å². The smallest absolute Gasteiger partial charge is 0.223 e. The first-order chi connectivity index (χ1) is 8.16. The monoisotopic (exact) mass is 271 g/mol. The third kappa shape index (κ3) is 3.30. The predicted octanol–water partition coefficient (Wildman–Crippen LogP) is 2.25. The zero-order valence-electron chi connectivity index (χ0n) is 9.30. The number of thiol groups is 1. The van der Waals surface area contributed by atoms with E-state index in [0.717, 1.165) is 0 Å². The van der Waals surface area contributed by atoms with Crippen molar-refractivity contribution in [2.75, 3.05) is 19.7 Å². The molecule has 2 rings (SSSR count). The summed E-state index contributed by atoms with van der Waals surface area (Å²) in [5.41, 5.74) is 0. The summed E-state index contributed by atoms with van der Waals surface area (Å²) in [7, 11) is 0. The van der Waals surface area contributed by atoms with Crippen molar-refractivity contribution in [2.45, 2.75) is 11.7 Å². The molecule has 1 aliphatic heterocycles. The number of rotatable bonds is 4. The fourth-order valence-electron chi connectivity index (χ4n) is 1.80. The van der Waals surface area contributed by atoms with Gasteiger partial charge in [0.15, 0.2) is 0 Å². The van der Waals surface area contributed by atoms with Crippen molar-refractivity contribution in [1.82, 2.24) is 4.90 Å². The lowest BCUT2D eigenvalue weighted by Gasteiger charge is -2.16. The molecule has 1 fully saturated rings. The minimum absolute atomic E-state index is 0.146. The van der Waals surface area contributed by atoms with E-state index in [1.807, 2.05) is 18.2 Å². The molecule has 0 spiro atoms. The summed E-state index contributed by atoms with van der Waals surface area (Å²) < 4.78 is 5.53. The van der Waals surface area contributed by atoms with Gasteiger partial charge in [-0.25, -0.2) is 0 Å². The fourth-order valence-corrected chi connectivity index (χ4v) is 2.34. The number of likely N-dealkylation sites (tertiary alicyclic amines) is 1. The van der Waals surface area contributed by atoms with Gasteiger partial charge in [0.05, 0.1) is 11.6 Å². The Hall–Kier alpha value is -0.870. The van der Waals surface area contributed by atoms with Gasteiger partial charge in [-0.15, -0.1) is 0 Å². The molecule has 1 saturated heterocycles. The van der Waals surface area contributed by atoms with E-state index in [1.165, 1.54) is 0 Å². The van der Waals surface area contributed by atoms with Crippen molar-refractivity contribution in [1.29, 1.82) is 0 Å². The van der Waals surface area contributed by atoms with Gasteiger partial charge in [-0.3, -0.25) is 4.79 Å². The van der Waals surface area contributed by atoms with E-state index in [9.17, 15) is 4.79 Å². The summed E-state index contributed by atoms with van der Waals surface area (Å²) in [4.78, 5) is 13.3. The number of hydrogen-bond acceptors (Lipinski definition) is 3. The molecule has 17 heavy (non-hydrogen) atoms. The summed E-state index contributed by atoms with van der Waals surface area (Å²) in [6, 6.07) is 7.31. The number of carbonyl (C=O) groups excluding carboxylic acids is 1. The summed E-state index contributed by atoms with van der Waals surface area (Å²) in [5, 5.41) is 0.745. The van der Waals surface area contributed by atoms with Crippen molar-refractivity contribution in [3.8, 4) is 5.75 Å². The third-order valence-corrected chi connectivity index (χ3v) is 3.31. The Morgan fingerprint density at radius 1 is 1.47 bits per heavy atom. The summed E-state index contributed by atoms with van der Waals surface area (Å²) in [6.07, 6.45) is 0.523. The number of ether oxygens (including phenoxy) is 1. The number of carbonyl (C=O) groups is 1. The van der Waals surface area contributed by atoms with Crippen LogP contribution in [0.25, 0.3) is 0 Å². The first kappa shape index (κ1) is 12.6. The van der Waals surface area contributed by atoms with Gasteiger partial charge in [-0.1, -0.05) is 23.7 Å². The Balaban J connectivity index is 1.80. The van der Waals surface area contributed by atoms with Gasteiger partial charge in [0, 0.05) is 18.2 Å². The van der Waals surface area contributed by atoms with Crippen LogP contribution in [0.2, 0.25) is 5.02 Å². The van der Waals surface area contributed by atoms with Gasteiger partial charge in [0.2, 0.25) is 5.91 Å². The molecule has 1 unspecified atom stereocenters. The van der Waals surface area contributed by atoms with Crippen LogP contribution in [0.1, 0.15) is 6.42 Å². The molecule has 0 radical (unpaired) electrons. The number of nitrogens with zero attached hydrogens (tertiary/aromatic N) is 1. The standard InChI is InChI=1S/C12H14ClNO2S/c13-10-3-1-2-4-11(10)16-6-5-14-8-9(17)7-12(14)15/h1-4,9,17H,5-8H2. The predicted molar refractivity (Wildman–Crippen MR) is 70.9 cm³/mol. The van der Waals surface area contributed by atoms with Gasteiger partial charge in [0.1, 0.15) is 12.4 Å². The molecular weight excluding hydrogens is 258 g/mol. The van der Waals surface area contributed by atoms with Crippen LogP contribution in [0.5, 0.6) is 5.75 Å². The van der Waals surface area contributed by atoms with Crippen molar-refractivity contribution in [3.05, 3.63) is 29.3 Å². The SMILES string of the molecule is O=C1CC(S)CN1CCOc1ccccc1Cl. The van der Waals surface area contributed by atoms with Crippen LogP contribution in [0.4, 0.5) is 0 Å². The molecule has 3 nitrogen and oxygen atoms in total. The quantitative estimate of drug-likeness (QED) is 0.852. The number of hydrogen-bond donors (Lipinski definition) is 1. The topological polar surface area (TPSA) is 29.5 Å². The molecule has 1 amide bonds.